The zero-order valence-corrected chi connectivity index (χ0v) is 11.8. The van der Waals surface area contributed by atoms with Crippen LogP contribution in [0.4, 0.5) is 0 Å². The summed E-state index contributed by atoms with van der Waals surface area (Å²) < 4.78 is 1.28. The summed E-state index contributed by atoms with van der Waals surface area (Å²) in [5.41, 5.74) is 3.02. The van der Waals surface area contributed by atoms with Crippen LogP contribution in [0.15, 0.2) is 22.7 Å². The van der Waals surface area contributed by atoms with Gasteiger partial charge in [0, 0.05) is 11.0 Å². The maximum Gasteiger partial charge on any atom is 0.0907 e. The van der Waals surface area contributed by atoms with Crippen molar-refractivity contribution in [2.45, 2.75) is 24.6 Å². The van der Waals surface area contributed by atoms with E-state index in [-0.39, 0.29) is 4.87 Å². The van der Waals surface area contributed by atoms with Crippen LogP contribution in [-0.2, 0) is 11.3 Å². The molecular formula is C13H16BrNS. The lowest BCUT2D eigenvalue weighted by atomic mass is 10.1. The van der Waals surface area contributed by atoms with Crippen LogP contribution in [-0.4, -0.2) is 12.3 Å². The van der Waals surface area contributed by atoms with Gasteiger partial charge in [0.2, 0.25) is 0 Å². The van der Waals surface area contributed by atoms with Gasteiger partial charge in [-0.25, -0.2) is 0 Å². The third kappa shape index (κ3) is 1.64. The van der Waals surface area contributed by atoms with Gasteiger partial charge in [0.25, 0.3) is 0 Å². The number of hydrogen-bond donors (Lipinski definition) is 1. The molecule has 0 bridgehead atoms. The van der Waals surface area contributed by atoms with Gasteiger partial charge >= 0.3 is 0 Å². The number of hydrogen-bond acceptors (Lipinski definition) is 2. The van der Waals surface area contributed by atoms with Gasteiger partial charge in [-0.3, -0.25) is 5.32 Å². The van der Waals surface area contributed by atoms with E-state index < -0.39 is 0 Å². The average Bonchev–Trinajstić information content (AvgIpc) is 2.64. The summed E-state index contributed by atoms with van der Waals surface area (Å²) in [6.07, 6.45) is 2.44. The van der Waals surface area contributed by atoms with Crippen LogP contribution in [0.2, 0.25) is 0 Å². The van der Waals surface area contributed by atoms with Crippen molar-refractivity contribution in [3.8, 4) is 0 Å². The summed E-state index contributed by atoms with van der Waals surface area (Å²) >= 11 is 5.77. The van der Waals surface area contributed by atoms with E-state index in [0.29, 0.717) is 0 Å². The van der Waals surface area contributed by atoms with Crippen molar-refractivity contribution >= 4 is 27.7 Å². The van der Waals surface area contributed by atoms with E-state index in [2.05, 4.69) is 58.1 Å². The fourth-order valence-corrected chi connectivity index (χ4v) is 4.72. The maximum absolute atomic E-state index is 3.77. The molecule has 1 nitrogen and oxygen atoms in total. The summed E-state index contributed by atoms with van der Waals surface area (Å²) in [6.45, 7) is 3.47. The normalized spacial score (nSPS) is 33.0. The van der Waals surface area contributed by atoms with Gasteiger partial charge < -0.3 is 0 Å². The van der Waals surface area contributed by atoms with Gasteiger partial charge in [-0.15, -0.1) is 11.8 Å². The molecule has 1 aliphatic carbocycles. The van der Waals surface area contributed by atoms with Gasteiger partial charge in [-0.1, -0.05) is 35.0 Å². The first-order valence-electron chi connectivity index (χ1n) is 5.88. The first-order chi connectivity index (χ1) is 7.71. The highest BCUT2D eigenvalue weighted by Crippen LogP contribution is 2.49. The van der Waals surface area contributed by atoms with Crippen molar-refractivity contribution in [1.82, 2.24) is 5.32 Å². The van der Waals surface area contributed by atoms with E-state index in [1.165, 1.54) is 34.2 Å². The lowest BCUT2D eigenvalue weighted by Crippen LogP contribution is -2.44. The van der Waals surface area contributed by atoms with Gasteiger partial charge in [0.05, 0.1) is 4.87 Å². The van der Waals surface area contributed by atoms with Crippen LogP contribution in [0, 0.1) is 5.92 Å². The van der Waals surface area contributed by atoms with Crippen LogP contribution in [0.3, 0.4) is 0 Å². The number of thioether (sulfide) groups is 1. The maximum atomic E-state index is 3.77. The smallest absolute Gasteiger partial charge is 0.0907 e. The Labute approximate surface area is 110 Å². The van der Waals surface area contributed by atoms with Crippen molar-refractivity contribution in [1.29, 1.82) is 0 Å². The van der Waals surface area contributed by atoms with E-state index in [1.807, 2.05) is 0 Å². The molecule has 1 saturated heterocycles. The summed E-state index contributed by atoms with van der Waals surface area (Å²) in [5, 5.41) is 3.77. The quantitative estimate of drug-likeness (QED) is 0.786. The second-order valence-corrected chi connectivity index (χ2v) is 7.06. The molecule has 1 fully saturated rings. The largest absolute Gasteiger partial charge is 0.299 e. The molecule has 1 aromatic carbocycles. The summed E-state index contributed by atoms with van der Waals surface area (Å²) in [6, 6.07) is 6.62. The van der Waals surface area contributed by atoms with E-state index in [4.69, 9.17) is 0 Å². The van der Waals surface area contributed by atoms with Gasteiger partial charge in [0.15, 0.2) is 0 Å². The highest BCUT2D eigenvalue weighted by Gasteiger charge is 2.41. The Kier molecular flexibility index (Phi) is 2.81. The molecule has 0 radical (unpaired) electrons. The van der Waals surface area contributed by atoms with E-state index in [9.17, 15) is 0 Å². The Morgan fingerprint density at radius 2 is 2.38 bits per heavy atom. The lowest BCUT2D eigenvalue weighted by molar-refractivity contribution is 0.416. The molecule has 1 heterocycles. The summed E-state index contributed by atoms with van der Waals surface area (Å²) in [5.74, 6) is 2.07. The number of nitrogens with one attached hydrogen (secondary N) is 1. The zero-order chi connectivity index (χ0) is 11.2. The Morgan fingerprint density at radius 3 is 3.12 bits per heavy atom. The lowest BCUT2D eigenvalue weighted by Gasteiger charge is -2.37. The molecule has 0 aromatic heterocycles. The molecular weight excluding hydrogens is 282 g/mol. The molecule has 16 heavy (non-hydrogen) atoms. The van der Waals surface area contributed by atoms with Crippen molar-refractivity contribution in [2.24, 2.45) is 5.92 Å². The third-order valence-electron chi connectivity index (χ3n) is 3.63. The van der Waals surface area contributed by atoms with Gasteiger partial charge in [0.1, 0.15) is 0 Å². The molecule has 0 amide bonds. The SMILES string of the molecule is CC1CNC2(CCc3c(Br)cccc32)SC1. The fourth-order valence-electron chi connectivity index (χ4n) is 2.69. The molecule has 3 rings (SSSR count). The average molecular weight is 298 g/mol. The first-order valence-corrected chi connectivity index (χ1v) is 7.66. The third-order valence-corrected chi connectivity index (χ3v) is 6.17. The number of rotatable bonds is 0. The van der Waals surface area contributed by atoms with Gasteiger partial charge in [-0.2, -0.15) is 0 Å². The van der Waals surface area contributed by atoms with E-state index in [0.717, 1.165) is 12.5 Å². The zero-order valence-electron chi connectivity index (χ0n) is 9.42. The second kappa shape index (κ2) is 4.04. The van der Waals surface area contributed by atoms with Crippen LogP contribution in [0.1, 0.15) is 24.5 Å². The number of halogens is 1. The Bertz CT molecular complexity index is 410. The molecule has 1 aromatic rings. The highest BCUT2D eigenvalue weighted by atomic mass is 79.9. The van der Waals surface area contributed by atoms with E-state index >= 15 is 0 Å². The van der Waals surface area contributed by atoms with Crippen molar-refractivity contribution in [3.63, 3.8) is 0 Å². The molecule has 1 N–H and O–H groups in total. The Morgan fingerprint density at radius 1 is 1.50 bits per heavy atom. The second-order valence-electron chi connectivity index (χ2n) is 4.89. The molecule has 1 spiro atoms. The first kappa shape index (κ1) is 11.1. The highest BCUT2D eigenvalue weighted by molar-refractivity contribution is 9.10. The Balaban J connectivity index is 1.99. The van der Waals surface area contributed by atoms with Crippen molar-refractivity contribution in [3.05, 3.63) is 33.8 Å². The topological polar surface area (TPSA) is 12.0 Å². The molecule has 86 valence electrons. The standard InChI is InChI=1S/C13H16BrNS/c1-9-7-15-13(16-8-9)6-5-10-11(13)3-2-4-12(10)14/h2-4,9,15H,5-8H2,1H3. The fraction of sp³-hybridized carbons (Fsp3) is 0.538. The van der Waals surface area contributed by atoms with Crippen molar-refractivity contribution < 1.29 is 0 Å². The molecule has 1 aliphatic heterocycles. The predicted molar refractivity (Wildman–Crippen MR) is 73.8 cm³/mol. The van der Waals surface area contributed by atoms with Gasteiger partial charge in [-0.05, 0) is 41.7 Å². The van der Waals surface area contributed by atoms with Crippen LogP contribution < -0.4 is 5.32 Å². The minimum atomic E-state index is 0.214. The molecule has 2 unspecified atom stereocenters. The molecule has 0 saturated carbocycles. The van der Waals surface area contributed by atoms with E-state index in [1.54, 1.807) is 0 Å². The molecule has 3 heteroatoms. The number of fused-ring (bicyclic) bond motifs is 2. The number of benzene rings is 1. The molecule has 2 atom stereocenters. The van der Waals surface area contributed by atoms with Crippen LogP contribution >= 0.6 is 27.7 Å². The Hall–Kier alpha value is 0.01000. The monoisotopic (exact) mass is 297 g/mol. The van der Waals surface area contributed by atoms with Crippen LogP contribution in [0.25, 0.3) is 0 Å². The summed E-state index contributed by atoms with van der Waals surface area (Å²) in [4.78, 5) is 0.214. The predicted octanol–water partition coefficient (Wildman–Crippen LogP) is 3.52. The minimum Gasteiger partial charge on any atom is -0.299 e. The summed E-state index contributed by atoms with van der Waals surface area (Å²) in [7, 11) is 0. The minimum absolute atomic E-state index is 0.214. The van der Waals surface area contributed by atoms with Crippen molar-refractivity contribution in [2.75, 3.05) is 12.3 Å². The molecule has 2 aliphatic rings. The van der Waals surface area contributed by atoms with Crippen LogP contribution in [0.5, 0.6) is 0 Å².